The quantitative estimate of drug-likeness (QED) is 0.804. The van der Waals surface area contributed by atoms with Crippen molar-refractivity contribution in [3.8, 4) is 0 Å². The molecule has 0 amide bonds. The van der Waals surface area contributed by atoms with Crippen LogP contribution in [0.5, 0.6) is 0 Å². The zero-order valence-electron chi connectivity index (χ0n) is 13.1. The third kappa shape index (κ3) is 3.84. The van der Waals surface area contributed by atoms with Crippen LogP contribution < -0.4 is 5.32 Å². The zero-order valence-corrected chi connectivity index (χ0v) is 13.9. The van der Waals surface area contributed by atoms with Gasteiger partial charge in [-0.15, -0.1) is 0 Å². The summed E-state index contributed by atoms with van der Waals surface area (Å²) in [5.74, 6) is 0.416. The van der Waals surface area contributed by atoms with Gasteiger partial charge in [0.15, 0.2) is 0 Å². The van der Waals surface area contributed by atoms with E-state index in [1.807, 2.05) is 13.8 Å². The molecule has 1 aliphatic heterocycles. The number of piperidine rings is 1. The lowest BCUT2D eigenvalue weighted by Crippen LogP contribution is -2.44. The largest absolute Gasteiger partial charge is 0.315 e. The summed E-state index contributed by atoms with van der Waals surface area (Å²) < 4.78 is 28.8. The van der Waals surface area contributed by atoms with Gasteiger partial charge >= 0.3 is 0 Å². The van der Waals surface area contributed by atoms with Crippen molar-refractivity contribution in [1.29, 1.82) is 0 Å². The van der Waals surface area contributed by atoms with Crippen molar-refractivity contribution >= 4 is 10.0 Å². The first-order valence-corrected chi connectivity index (χ1v) is 9.14. The van der Waals surface area contributed by atoms with E-state index in [-0.39, 0.29) is 6.04 Å². The van der Waals surface area contributed by atoms with Crippen molar-refractivity contribution in [3.05, 3.63) is 12.4 Å². The van der Waals surface area contributed by atoms with Crippen molar-refractivity contribution in [1.82, 2.24) is 19.4 Å². The van der Waals surface area contributed by atoms with E-state index in [1.54, 1.807) is 15.2 Å². The molecule has 0 aliphatic carbocycles. The van der Waals surface area contributed by atoms with Crippen LogP contribution in [-0.4, -0.2) is 48.2 Å². The van der Waals surface area contributed by atoms with Gasteiger partial charge in [-0.05, 0) is 32.2 Å². The Hall–Kier alpha value is -0.920. The third-order valence-corrected chi connectivity index (χ3v) is 5.98. The van der Waals surface area contributed by atoms with Gasteiger partial charge in [0.2, 0.25) is 10.0 Å². The van der Waals surface area contributed by atoms with Crippen molar-refractivity contribution in [2.24, 2.45) is 5.92 Å². The van der Waals surface area contributed by atoms with E-state index < -0.39 is 10.0 Å². The van der Waals surface area contributed by atoms with E-state index in [2.05, 4.69) is 17.3 Å². The molecule has 1 aromatic heterocycles. The Labute approximate surface area is 127 Å². The Kier molecular flexibility index (Phi) is 5.40. The van der Waals surface area contributed by atoms with Crippen molar-refractivity contribution < 1.29 is 8.42 Å². The number of nitrogens with one attached hydrogen (secondary N) is 1. The van der Waals surface area contributed by atoms with Crippen LogP contribution in [0.3, 0.4) is 0 Å². The Balaban J connectivity index is 2.11. The first-order chi connectivity index (χ1) is 9.95. The second-order valence-corrected chi connectivity index (χ2v) is 7.79. The number of likely N-dealkylation sites (N-methyl/N-ethyl adjacent to an activating group) is 1. The molecule has 0 radical (unpaired) electrons. The SMILES string of the molecule is CCNCCn1cc(S(=O)(=O)N2CC(C)CCC2C)cn1. The monoisotopic (exact) mass is 314 g/mol. The predicted molar refractivity (Wildman–Crippen MR) is 82.5 cm³/mol. The molecule has 1 aromatic rings. The predicted octanol–water partition coefficient (Wildman–Crippen LogP) is 1.30. The van der Waals surface area contributed by atoms with Crippen LogP contribution in [0.1, 0.15) is 33.6 Å². The minimum Gasteiger partial charge on any atom is -0.315 e. The molecule has 0 saturated carbocycles. The van der Waals surface area contributed by atoms with E-state index in [1.165, 1.54) is 6.20 Å². The van der Waals surface area contributed by atoms with Gasteiger partial charge in [-0.2, -0.15) is 9.40 Å². The Morgan fingerprint density at radius 1 is 1.38 bits per heavy atom. The molecule has 1 aliphatic rings. The van der Waals surface area contributed by atoms with Gasteiger partial charge < -0.3 is 5.32 Å². The number of sulfonamides is 1. The number of hydrogen-bond donors (Lipinski definition) is 1. The molecule has 2 heterocycles. The van der Waals surface area contributed by atoms with Gasteiger partial charge in [0.25, 0.3) is 0 Å². The van der Waals surface area contributed by atoms with E-state index in [0.717, 1.165) is 25.9 Å². The second-order valence-electron chi connectivity index (χ2n) is 5.90. The topological polar surface area (TPSA) is 67.2 Å². The molecule has 2 atom stereocenters. The summed E-state index contributed by atoms with van der Waals surface area (Å²) in [5, 5.41) is 7.36. The highest BCUT2D eigenvalue weighted by molar-refractivity contribution is 7.89. The van der Waals surface area contributed by atoms with E-state index in [4.69, 9.17) is 0 Å². The van der Waals surface area contributed by atoms with Crippen molar-refractivity contribution in [2.45, 2.75) is 51.1 Å². The minimum atomic E-state index is -3.42. The minimum absolute atomic E-state index is 0.0660. The Bertz CT molecular complexity index is 555. The molecular formula is C14H26N4O2S. The number of aromatic nitrogens is 2. The highest BCUT2D eigenvalue weighted by Gasteiger charge is 2.34. The molecule has 2 rings (SSSR count). The lowest BCUT2D eigenvalue weighted by Gasteiger charge is -2.35. The highest BCUT2D eigenvalue weighted by atomic mass is 32.2. The van der Waals surface area contributed by atoms with Crippen LogP contribution in [0.4, 0.5) is 0 Å². The summed E-state index contributed by atoms with van der Waals surface area (Å²) in [6.07, 6.45) is 5.12. The van der Waals surface area contributed by atoms with Crippen LogP contribution in [0.25, 0.3) is 0 Å². The van der Waals surface area contributed by atoms with Gasteiger partial charge in [0.05, 0.1) is 12.7 Å². The van der Waals surface area contributed by atoms with Crippen molar-refractivity contribution in [2.75, 3.05) is 19.6 Å². The molecule has 1 fully saturated rings. The molecule has 1 saturated heterocycles. The molecule has 2 unspecified atom stereocenters. The van der Waals surface area contributed by atoms with Gasteiger partial charge in [-0.1, -0.05) is 13.8 Å². The van der Waals surface area contributed by atoms with Gasteiger partial charge in [0, 0.05) is 25.3 Å². The summed E-state index contributed by atoms with van der Waals surface area (Å²) >= 11 is 0. The van der Waals surface area contributed by atoms with E-state index >= 15 is 0 Å². The fourth-order valence-electron chi connectivity index (χ4n) is 2.69. The Morgan fingerprint density at radius 2 is 2.14 bits per heavy atom. The zero-order chi connectivity index (χ0) is 15.5. The molecule has 0 aromatic carbocycles. The van der Waals surface area contributed by atoms with Gasteiger partial charge in [-0.3, -0.25) is 4.68 Å². The van der Waals surface area contributed by atoms with E-state index in [0.29, 0.717) is 23.9 Å². The fourth-order valence-corrected chi connectivity index (χ4v) is 4.42. The first-order valence-electron chi connectivity index (χ1n) is 7.70. The summed E-state index contributed by atoms with van der Waals surface area (Å²) in [6.45, 7) is 9.09. The number of hydrogen-bond acceptors (Lipinski definition) is 4. The molecule has 21 heavy (non-hydrogen) atoms. The lowest BCUT2D eigenvalue weighted by molar-refractivity contribution is 0.218. The van der Waals surface area contributed by atoms with Crippen LogP contribution in [0, 0.1) is 5.92 Å². The molecule has 6 nitrogen and oxygen atoms in total. The fraction of sp³-hybridized carbons (Fsp3) is 0.786. The summed E-state index contributed by atoms with van der Waals surface area (Å²) in [6, 6.07) is 0.0660. The maximum Gasteiger partial charge on any atom is 0.246 e. The van der Waals surface area contributed by atoms with Crippen molar-refractivity contribution in [3.63, 3.8) is 0 Å². The van der Waals surface area contributed by atoms with Gasteiger partial charge in [-0.25, -0.2) is 8.42 Å². The van der Waals surface area contributed by atoms with Crippen LogP contribution in [0.15, 0.2) is 17.3 Å². The number of nitrogens with zero attached hydrogens (tertiary/aromatic N) is 3. The third-order valence-electron chi connectivity index (χ3n) is 4.04. The molecule has 7 heteroatoms. The standard InChI is InChI=1S/C14H26N4O2S/c1-4-15-7-8-17-11-14(9-16-17)21(19,20)18-10-12(2)5-6-13(18)3/h9,11-13,15H,4-8,10H2,1-3H3. The Morgan fingerprint density at radius 3 is 2.86 bits per heavy atom. The first kappa shape index (κ1) is 16.5. The van der Waals surface area contributed by atoms with Crippen LogP contribution in [-0.2, 0) is 16.6 Å². The average Bonchev–Trinajstić information content (AvgIpc) is 2.91. The average molecular weight is 314 g/mol. The summed E-state index contributed by atoms with van der Waals surface area (Å²) in [7, 11) is -3.42. The maximum atomic E-state index is 12.7. The summed E-state index contributed by atoms with van der Waals surface area (Å²) in [4.78, 5) is 0.306. The van der Waals surface area contributed by atoms with Crippen LogP contribution >= 0.6 is 0 Å². The molecule has 0 spiro atoms. The molecule has 120 valence electrons. The maximum absolute atomic E-state index is 12.7. The normalized spacial score (nSPS) is 24.3. The molecular weight excluding hydrogens is 288 g/mol. The second kappa shape index (κ2) is 6.89. The summed E-state index contributed by atoms with van der Waals surface area (Å²) in [5.41, 5.74) is 0. The van der Waals surface area contributed by atoms with E-state index in [9.17, 15) is 8.42 Å². The van der Waals surface area contributed by atoms with Crippen LogP contribution in [0.2, 0.25) is 0 Å². The van der Waals surface area contributed by atoms with Gasteiger partial charge in [0.1, 0.15) is 4.90 Å². The smallest absolute Gasteiger partial charge is 0.246 e. The molecule has 0 bridgehead atoms. The highest BCUT2D eigenvalue weighted by Crippen LogP contribution is 2.27. The number of rotatable bonds is 6. The molecule has 1 N–H and O–H groups in total. The lowest BCUT2D eigenvalue weighted by atomic mass is 9.97.